The van der Waals surface area contributed by atoms with Crippen LogP contribution < -0.4 is 4.90 Å². The SMILES string of the molecule is Cc1cccc(C)c1N1CC=C[C@]23S[C@@H]4/C=C\CCCOC(=O)[C@@H]4[C@H]2C(=O)N([C@@H](CO)CC(C)C)C3C1=O. The number of para-hydroxylation sites is 1. The van der Waals surface area contributed by atoms with Gasteiger partial charge in [0.05, 0.1) is 35.8 Å². The number of hydrogen-bond acceptors (Lipinski definition) is 6. The minimum Gasteiger partial charge on any atom is -0.465 e. The fourth-order valence-corrected chi connectivity index (χ4v) is 8.83. The summed E-state index contributed by atoms with van der Waals surface area (Å²) in [4.78, 5) is 45.9. The van der Waals surface area contributed by atoms with Crippen molar-refractivity contribution < 1.29 is 24.2 Å². The van der Waals surface area contributed by atoms with Crippen molar-refractivity contribution in [2.45, 2.75) is 69.0 Å². The molecule has 6 atom stereocenters. The fourth-order valence-electron chi connectivity index (χ4n) is 6.84. The van der Waals surface area contributed by atoms with Gasteiger partial charge in [0.2, 0.25) is 5.91 Å². The zero-order chi connectivity index (χ0) is 27.2. The lowest BCUT2D eigenvalue weighted by Crippen LogP contribution is -2.57. The first kappa shape index (κ1) is 27.0. The minimum atomic E-state index is -0.929. The van der Waals surface area contributed by atoms with Gasteiger partial charge in [-0.15, -0.1) is 11.8 Å². The van der Waals surface area contributed by atoms with E-state index in [4.69, 9.17) is 4.74 Å². The average Bonchev–Trinajstić information content (AvgIpc) is 3.28. The Kier molecular flexibility index (Phi) is 7.48. The third kappa shape index (κ3) is 4.30. The minimum absolute atomic E-state index is 0.165. The van der Waals surface area contributed by atoms with E-state index in [1.807, 2.05) is 64.1 Å². The first-order valence-corrected chi connectivity index (χ1v) is 14.6. The molecule has 0 radical (unpaired) electrons. The van der Waals surface area contributed by atoms with Gasteiger partial charge in [0.1, 0.15) is 6.04 Å². The van der Waals surface area contributed by atoms with Crippen molar-refractivity contribution in [2.24, 2.45) is 17.8 Å². The predicted octanol–water partition coefficient (Wildman–Crippen LogP) is 3.80. The van der Waals surface area contributed by atoms with Crippen LogP contribution in [0, 0.1) is 31.6 Å². The van der Waals surface area contributed by atoms with Crippen molar-refractivity contribution >= 4 is 35.2 Å². The van der Waals surface area contributed by atoms with Gasteiger partial charge in [-0.05, 0) is 50.2 Å². The molecule has 4 aliphatic rings. The number of carbonyl (C=O) groups excluding carboxylic acids is 3. The smallest absolute Gasteiger partial charge is 0.311 e. The molecule has 4 heterocycles. The Hall–Kier alpha value is -2.58. The number of nitrogens with zero attached hydrogens (tertiary/aromatic N) is 2. The Balaban J connectivity index is 1.67. The number of amides is 2. The van der Waals surface area contributed by atoms with Crippen molar-refractivity contribution in [3.63, 3.8) is 0 Å². The van der Waals surface area contributed by atoms with Crippen LogP contribution in [0.5, 0.6) is 0 Å². The third-order valence-electron chi connectivity index (χ3n) is 8.35. The van der Waals surface area contributed by atoms with Gasteiger partial charge in [-0.2, -0.15) is 0 Å². The van der Waals surface area contributed by atoms with Gasteiger partial charge in [0.25, 0.3) is 5.91 Å². The van der Waals surface area contributed by atoms with Crippen LogP contribution >= 0.6 is 11.8 Å². The molecule has 0 bridgehead atoms. The number of likely N-dealkylation sites (tertiary alicyclic amines) is 1. The van der Waals surface area contributed by atoms with E-state index in [2.05, 4.69) is 6.08 Å². The van der Waals surface area contributed by atoms with Crippen LogP contribution in [0.25, 0.3) is 0 Å². The monoisotopic (exact) mass is 538 g/mol. The number of esters is 1. The van der Waals surface area contributed by atoms with Crippen LogP contribution in [-0.4, -0.2) is 69.6 Å². The normalized spacial score (nSPS) is 32.6. The van der Waals surface area contributed by atoms with E-state index in [1.165, 1.54) is 0 Å². The number of thioether (sulfide) groups is 1. The number of aliphatic hydroxyl groups excluding tert-OH is 1. The molecule has 1 aromatic carbocycles. The summed E-state index contributed by atoms with van der Waals surface area (Å²) in [7, 11) is 0. The number of rotatable bonds is 5. The van der Waals surface area contributed by atoms with Gasteiger partial charge in [-0.3, -0.25) is 14.4 Å². The fraction of sp³-hybridized carbons (Fsp3) is 0.567. The molecule has 0 saturated carbocycles. The number of anilines is 1. The number of hydrogen-bond donors (Lipinski definition) is 1. The molecule has 1 N–H and O–H groups in total. The molecule has 4 aliphatic heterocycles. The summed E-state index contributed by atoms with van der Waals surface area (Å²) in [6, 6.07) is 4.60. The summed E-state index contributed by atoms with van der Waals surface area (Å²) < 4.78 is 4.72. The molecule has 1 spiro atoms. The topological polar surface area (TPSA) is 87.2 Å². The molecule has 0 aromatic heterocycles. The molecule has 38 heavy (non-hydrogen) atoms. The number of benzene rings is 1. The first-order valence-electron chi connectivity index (χ1n) is 13.7. The Bertz CT molecular complexity index is 1160. The maximum atomic E-state index is 14.7. The summed E-state index contributed by atoms with van der Waals surface area (Å²) in [5.74, 6) is -1.98. The van der Waals surface area contributed by atoms with Gasteiger partial charge >= 0.3 is 5.97 Å². The Morgan fingerprint density at radius 1 is 1.13 bits per heavy atom. The molecule has 204 valence electrons. The van der Waals surface area contributed by atoms with Crippen LogP contribution in [0.4, 0.5) is 5.69 Å². The zero-order valence-electron chi connectivity index (χ0n) is 22.6. The molecule has 2 saturated heterocycles. The molecule has 7 nitrogen and oxygen atoms in total. The highest BCUT2D eigenvalue weighted by Gasteiger charge is 2.71. The number of fused-ring (bicyclic) bond motifs is 2. The highest BCUT2D eigenvalue weighted by molar-refractivity contribution is 8.02. The molecule has 8 heteroatoms. The van der Waals surface area contributed by atoms with Crippen molar-refractivity contribution in [1.29, 1.82) is 0 Å². The third-order valence-corrected chi connectivity index (χ3v) is 10.1. The Morgan fingerprint density at radius 3 is 2.55 bits per heavy atom. The van der Waals surface area contributed by atoms with Crippen LogP contribution in [0.1, 0.15) is 44.2 Å². The average molecular weight is 539 g/mol. The van der Waals surface area contributed by atoms with E-state index in [-0.39, 0.29) is 35.6 Å². The molecule has 5 rings (SSSR count). The zero-order valence-corrected chi connectivity index (χ0v) is 23.4. The van der Waals surface area contributed by atoms with E-state index in [9.17, 15) is 19.5 Å². The first-order chi connectivity index (χ1) is 18.2. The van der Waals surface area contributed by atoms with Crippen molar-refractivity contribution in [3.05, 3.63) is 53.6 Å². The van der Waals surface area contributed by atoms with Crippen molar-refractivity contribution in [3.8, 4) is 0 Å². The number of cyclic esters (lactones) is 1. The Labute approximate surface area is 229 Å². The standard InChI is InChI=1S/C30H38N2O5S/c1-18(2)16-21(17-33)32-26-28(35)31(25-19(3)10-8-11-20(25)4)14-9-13-30(26)24(27(32)34)23-22(38-30)12-6-5-7-15-37-29(23)36/h6,8-13,18,21-24,26,33H,5,7,14-17H2,1-4H3/b12-6-/t21-,22-,23+,24+,26?,30+/m1/s1. The summed E-state index contributed by atoms with van der Waals surface area (Å²) in [6.07, 6.45) is 10.2. The lowest BCUT2D eigenvalue weighted by atomic mass is 9.78. The van der Waals surface area contributed by atoms with Crippen molar-refractivity contribution in [1.82, 2.24) is 4.90 Å². The number of aryl methyl sites for hydroxylation is 2. The summed E-state index contributed by atoms with van der Waals surface area (Å²) in [5.41, 5.74) is 2.82. The molecule has 1 unspecified atom stereocenters. The van der Waals surface area contributed by atoms with E-state index in [1.54, 1.807) is 21.6 Å². The van der Waals surface area contributed by atoms with E-state index in [0.29, 0.717) is 19.6 Å². The summed E-state index contributed by atoms with van der Waals surface area (Å²) in [6.45, 7) is 8.52. The molecule has 1 aromatic rings. The highest BCUT2D eigenvalue weighted by Crippen LogP contribution is 2.61. The summed E-state index contributed by atoms with van der Waals surface area (Å²) >= 11 is 1.54. The maximum absolute atomic E-state index is 14.7. The second-order valence-corrected chi connectivity index (χ2v) is 12.9. The highest BCUT2D eigenvalue weighted by atomic mass is 32.2. The van der Waals surface area contributed by atoms with Gasteiger partial charge < -0.3 is 19.6 Å². The number of carbonyl (C=O) groups is 3. The predicted molar refractivity (Wildman–Crippen MR) is 149 cm³/mol. The van der Waals surface area contributed by atoms with E-state index >= 15 is 0 Å². The number of aliphatic hydroxyl groups is 1. The van der Waals surface area contributed by atoms with E-state index in [0.717, 1.165) is 29.7 Å². The number of ether oxygens (including phenoxy) is 1. The van der Waals surface area contributed by atoms with Crippen molar-refractivity contribution in [2.75, 3.05) is 24.7 Å². The lowest BCUT2D eigenvalue weighted by Gasteiger charge is -2.39. The van der Waals surface area contributed by atoms with Crippen LogP contribution in [-0.2, 0) is 19.1 Å². The van der Waals surface area contributed by atoms with E-state index < -0.39 is 28.7 Å². The number of allylic oxidation sites excluding steroid dienone is 1. The Morgan fingerprint density at radius 2 is 1.87 bits per heavy atom. The van der Waals surface area contributed by atoms with Gasteiger partial charge in [0, 0.05) is 17.5 Å². The second-order valence-electron chi connectivity index (χ2n) is 11.4. The van der Waals surface area contributed by atoms with Gasteiger partial charge in [-0.1, -0.05) is 56.4 Å². The van der Waals surface area contributed by atoms with Gasteiger partial charge in [-0.25, -0.2) is 0 Å². The lowest BCUT2D eigenvalue weighted by molar-refractivity contribution is -0.153. The largest absolute Gasteiger partial charge is 0.465 e. The molecular weight excluding hydrogens is 500 g/mol. The molecule has 2 amide bonds. The maximum Gasteiger partial charge on any atom is 0.311 e. The quantitative estimate of drug-likeness (QED) is 0.453. The second kappa shape index (κ2) is 10.5. The van der Waals surface area contributed by atoms with Crippen LogP contribution in [0.2, 0.25) is 0 Å². The van der Waals surface area contributed by atoms with Crippen LogP contribution in [0.15, 0.2) is 42.5 Å². The van der Waals surface area contributed by atoms with Crippen LogP contribution in [0.3, 0.4) is 0 Å². The summed E-state index contributed by atoms with van der Waals surface area (Å²) in [5, 5.41) is 10.2. The molecular formula is C30H38N2O5S. The van der Waals surface area contributed by atoms with Gasteiger partial charge in [0.15, 0.2) is 0 Å². The molecule has 0 aliphatic carbocycles. The molecule has 2 fully saturated rings.